The maximum Gasteiger partial charge on any atom is 0.159 e. The molecule has 2 aromatic rings. The number of benzene rings is 1. The van der Waals surface area contributed by atoms with Crippen LogP contribution in [0.25, 0.3) is 11.0 Å². The summed E-state index contributed by atoms with van der Waals surface area (Å²) in [5, 5.41) is 0. The molecule has 0 bridgehead atoms. The predicted molar refractivity (Wildman–Crippen MR) is 49.5 cm³/mol. The van der Waals surface area contributed by atoms with E-state index in [0.29, 0.717) is 5.56 Å². The van der Waals surface area contributed by atoms with Crippen molar-refractivity contribution in [3.05, 3.63) is 36.2 Å². The Bertz CT molecular complexity index is 465. The lowest BCUT2D eigenvalue weighted by Crippen LogP contribution is -1.92. The van der Waals surface area contributed by atoms with Crippen molar-refractivity contribution in [2.75, 3.05) is 0 Å². The van der Waals surface area contributed by atoms with Crippen LogP contribution in [0.3, 0.4) is 0 Å². The number of hydrogen-bond acceptors (Lipinski definition) is 3. The quantitative estimate of drug-likeness (QED) is 0.616. The lowest BCUT2D eigenvalue weighted by molar-refractivity contribution is 0.101. The van der Waals surface area contributed by atoms with E-state index in [1.807, 2.05) is 0 Å². The minimum absolute atomic E-state index is 0.0487. The number of fused-ring (bicyclic) bond motifs is 1. The average molecular weight is 172 g/mol. The summed E-state index contributed by atoms with van der Waals surface area (Å²) in [6.45, 7) is 1.54. The van der Waals surface area contributed by atoms with E-state index < -0.39 is 0 Å². The molecule has 3 heteroatoms. The summed E-state index contributed by atoms with van der Waals surface area (Å²) in [5.74, 6) is 0.0487. The summed E-state index contributed by atoms with van der Waals surface area (Å²) in [5.41, 5.74) is 2.25. The van der Waals surface area contributed by atoms with Crippen molar-refractivity contribution in [1.82, 2.24) is 9.97 Å². The number of nitrogens with zero attached hydrogens (tertiary/aromatic N) is 2. The van der Waals surface area contributed by atoms with Crippen molar-refractivity contribution in [1.29, 1.82) is 0 Å². The number of Topliss-reactive ketones (excluding diaryl/α,β-unsaturated/α-hetero) is 1. The fourth-order valence-electron chi connectivity index (χ4n) is 1.18. The van der Waals surface area contributed by atoms with Crippen LogP contribution in [0, 0.1) is 0 Å². The van der Waals surface area contributed by atoms with Crippen molar-refractivity contribution in [3.8, 4) is 0 Å². The van der Waals surface area contributed by atoms with E-state index in [-0.39, 0.29) is 5.78 Å². The summed E-state index contributed by atoms with van der Waals surface area (Å²) >= 11 is 0. The van der Waals surface area contributed by atoms with Crippen LogP contribution in [0.5, 0.6) is 0 Å². The van der Waals surface area contributed by atoms with Gasteiger partial charge in [0.05, 0.1) is 11.0 Å². The van der Waals surface area contributed by atoms with Crippen LogP contribution in [0.2, 0.25) is 0 Å². The van der Waals surface area contributed by atoms with Gasteiger partial charge in [-0.2, -0.15) is 0 Å². The predicted octanol–water partition coefficient (Wildman–Crippen LogP) is 1.83. The zero-order valence-electron chi connectivity index (χ0n) is 7.19. The molecule has 0 radical (unpaired) electrons. The van der Waals surface area contributed by atoms with E-state index in [2.05, 4.69) is 9.97 Å². The molecule has 0 saturated carbocycles. The van der Waals surface area contributed by atoms with Crippen molar-refractivity contribution >= 4 is 16.8 Å². The molecular formula is C10H8N2O. The van der Waals surface area contributed by atoms with Gasteiger partial charge in [0.1, 0.15) is 0 Å². The van der Waals surface area contributed by atoms with Gasteiger partial charge in [0.2, 0.25) is 0 Å². The van der Waals surface area contributed by atoms with Gasteiger partial charge < -0.3 is 0 Å². The minimum atomic E-state index is 0.0487. The first-order chi connectivity index (χ1) is 6.27. The molecule has 1 heterocycles. The molecule has 1 aromatic heterocycles. The standard InChI is InChI=1S/C10H8N2O/c1-7(13)8-2-3-9-10(6-8)12-5-4-11-9/h2-6H,1H3. The van der Waals surface area contributed by atoms with Gasteiger partial charge in [-0.15, -0.1) is 0 Å². The topological polar surface area (TPSA) is 42.9 Å². The van der Waals surface area contributed by atoms with Gasteiger partial charge in [-0.1, -0.05) is 0 Å². The van der Waals surface area contributed by atoms with E-state index in [1.54, 1.807) is 30.6 Å². The van der Waals surface area contributed by atoms with Crippen LogP contribution in [-0.2, 0) is 0 Å². The highest BCUT2D eigenvalue weighted by Crippen LogP contribution is 2.10. The normalized spacial score (nSPS) is 10.2. The van der Waals surface area contributed by atoms with Crippen LogP contribution in [0.4, 0.5) is 0 Å². The first kappa shape index (κ1) is 7.86. The minimum Gasteiger partial charge on any atom is -0.295 e. The van der Waals surface area contributed by atoms with Gasteiger partial charge in [0, 0.05) is 18.0 Å². The molecule has 0 fully saturated rings. The fourth-order valence-corrected chi connectivity index (χ4v) is 1.18. The summed E-state index contributed by atoms with van der Waals surface area (Å²) < 4.78 is 0. The number of hydrogen-bond donors (Lipinski definition) is 0. The summed E-state index contributed by atoms with van der Waals surface area (Å²) in [6.07, 6.45) is 3.25. The Balaban J connectivity index is 2.69. The fraction of sp³-hybridized carbons (Fsp3) is 0.100. The molecule has 1 aromatic carbocycles. The third-order valence-corrected chi connectivity index (χ3v) is 1.88. The third-order valence-electron chi connectivity index (χ3n) is 1.88. The molecule has 0 unspecified atom stereocenters. The van der Waals surface area contributed by atoms with Crippen molar-refractivity contribution in [2.45, 2.75) is 6.92 Å². The Morgan fingerprint density at radius 1 is 1.15 bits per heavy atom. The summed E-state index contributed by atoms with van der Waals surface area (Å²) in [6, 6.07) is 5.32. The number of carbonyl (C=O) groups excluding carboxylic acids is 1. The molecule has 0 amide bonds. The van der Waals surface area contributed by atoms with Crippen LogP contribution in [0.1, 0.15) is 17.3 Å². The zero-order chi connectivity index (χ0) is 9.26. The van der Waals surface area contributed by atoms with E-state index >= 15 is 0 Å². The SMILES string of the molecule is CC(=O)c1ccc2nccnc2c1. The van der Waals surface area contributed by atoms with Crippen molar-refractivity contribution in [3.63, 3.8) is 0 Å². The zero-order valence-corrected chi connectivity index (χ0v) is 7.19. The molecule has 0 aliphatic carbocycles. The van der Waals surface area contributed by atoms with Gasteiger partial charge in [0.25, 0.3) is 0 Å². The molecule has 13 heavy (non-hydrogen) atoms. The molecule has 0 spiro atoms. The molecule has 0 aliphatic rings. The number of carbonyl (C=O) groups is 1. The third kappa shape index (κ3) is 1.40. The first-order valence-corrected chi connectivity index (χ1v) is 3.99. The molecule has 0 N–H and O–H groups in total. The van der Waals surface area contributed by atoms with Gasteiger partial charge in [-0.3, -0.25) is 14.8 Å². The molecule has 0 atom stereocenters. The Kier molecular flexibility index (Phi) is 1.77. The Labute approximate surface area is 75.4 Å². The molecular weight excluding hydrogens is 164 g/mol. The van der Waals surface area contributed by atoms with Gasteiger partial charge in [-0.05, 0) is 25.1 Å². The lowest BCUT2D eigenvalue weighted by Gasteiger charge is -1.97. The van der Waals surface area contributed by atoms with Crippen molar-refractivity contribution < 1.29 is 4.79 Å². The second-order valence-electron chi connectivity index (χ2n) is 2.82. The maximum atomic E-state index is 11.0. The molecule has 0 saturated heterocycles. The number of ketones is 1. The van der Waals surface area contributed by atoms with E-state index in [1.165, 1.54) is 6.92 Å². The molecule has 0 aliphatic heterocycles. The van der Waals surface area contributed by atoms with Gasteiger partial charge >= 0.3 is 0 Å². The molecule has 3 nitrogen and oxygen atoms in total. The smallest absolute Gasteiger partial charge is 0.159 e. The molecule has 64 valence electrons. The van der Waals surface area contributed by atoms with Crippen molar-refractivity contribution in [2.24, 2.45) is 0 Å². The van der Waals surface area contributed by atoms with E-state index in [9.17, 15) is 4.79 Å². The van der Waals surface area contributed by atoms with E-state index in [4.69, 9.17) is 0 Å². The highest BCUT2D eigenvalue weighted by Gasteiger charge is 2.00. The summed E-state index contributed by atoms with van der Waals surface area (Å²) in [7, 11) is 0. The van der Waals surface area contributed by atoms with Crippen LogP contribution in [0.15, 0.2) is 30.6 Å². The Hall–Kier alpha value is -1.77. The second-order valence-corrected chi connectivity index (χ2v) is 2.82. The van der Waals surface area contributed by atoms with Crippen LogP contribution < -0.4 is 0 Å². The van der Waals surface area contributed by atoms with Crippen LogP contribution >= 0.6 is 0 Å². The first-order valence-electron chi connectivity index (χ1n) is 3.99. The molecule has 2 rings (SSSR count). The highest BCUT2D eigenvalue weighted by molar-refractivity contribution is 5.97. The Morgan fingerprint density at radius 2 is 1.85 bits per heavy atom. The number of aromatic nitrogens is 2. The highest BCUT2D eigenvalue weighted by atomic mass is 16.1. The maximum absolute atomic E-state index is 11.0. The monoisotopic (exact) mass is 172 g/mol. The van der Waals surface area contributed by atoms with Crippen LogP contribution in [-0.4, -0.2) is 15.8 Å². The van der Waals surface area contributed by atoms with Gasteiger partial charge in [-0.25, -0.2) is 0 Å². The second kappa shape index (κ2) is 2.94. The average Bonchev–Trinajstić information content (AvgIpc) is 2.17. The Morgan fingerprint density at radius 3 is 2.54 bits per heavy atom. The number of rotatable bonds is 1. The van der Waals surface area contributed by atoms with Gasteiger partial charge in [0.15, 0.2) is 5.78 Å². The summed E-state index contributed by atoms with van der Waals surface area (Å²) in [4.78, 5) is 19.3. The van der Waals surface area contributed by atoms with E-state index in [0.717, 1.165) is 11.0 Å². The largest absolute Gasteiger partial charge is 0.295 e. The lowest BCUT2D eigenvalue weighted by atomic mass is 10.1.